The first-order chi connectivity index (χ1) is 13.2. The molecular weight excluding hydrogens is 371 g/mol. The van der Waals surface area contributed by atoms with E-state index in [9.17, 15) is 18.0 Å². The molecule has 1 aromatic heterocycles. The van der Waals surface area contributed by atoms with Crippen molar-refractivity contribution >= 4 is 16.9 Å². The number of aromatic nitrogens is 2. The van der Waals surface area contributed by atoms with Crippen LogP contribution in [-0.4, -0.2) is 39.4 Å². The summed E-state index contributed by atoms with van der Waals surface area (Å²) in [5.41, 5.74) is 4.89. The number of fused-ring (bicyclic) bond motifs is 1. The van der Waals surface area contributed by atoms with Gasteiger partial charge in [-0.2, -0.15) is 13.2 Å². The van der Waals surface area contributed by atoms with E-state index in [1.165, 1.54) is 0 Å². The Hall–Kier alpha value is -2.87. The lowest BCUT2D eigenvalue weighted by Gasteiger charge is -2.14. The molecule has 1 heterocycles. The fraction of sp³-hybridized carbons (Fsp3) is 0.300. The lowest BCUT2D eigenvalue weighted by molar-refractivity contribution is -0.204. The SMILES string of the molecule is Cc1ccc(C)c(-n2cnc3cc(C(=O)NCCC(O)C(F)(F)F)ccc32)c1. The quantitative estimate of drug-likeness (QED) is 0.697. The van der Waals surface area contributed by atoms with Gasteiger partial charge in [-0.3, -0.25) is 9.36 Å². The van der Waals surface area contributed by atoms with Crippen molar-refractivity contribution in [1.82, 2.24) is 14.9 Å². The summed E-state index contributed by atoms with van der Waals surface area (Å²) in [7, 11) is 0. The third-order valence-electron chi connectivity index (χ3n) is 4.51. The molecule has 1 unspecified atom stereocenters. The highest BCUT2D eigenvalue weighted by molar-refractivity contribution is 5.97. The van der Waals surface area contributed by atoms with Crippen molar-refractivity contribution in [3.8, 4) is 5.69 Å². The van der Waals surface area contributed by atoms with Gasteiger partial charge < -0.3 is 10.4 Å². The van der Waals surface area contributed by atoms with Gasteiger partial charge in [0.05, 0.1) is 16.7 Å². The number of imidazole rings is 1. The third kappa shape index (κ3) is 4.17. The maximum atomic E-state index is 12.3. The number of benzene rings is 2. The van der Waals surface area contributed by atoms with Crippen LogP contribution < -0.4 is 5.32 Å². The van der Waals surface area contributed by atoms with E-state index < -0.39 is 24.6 Å². The Balaban J connectivity index is 1.77. The van der Waals surface area contributed by atoms with Crippen molar-refractivity contribution in [2.45, 2.75) is 32.5 Å². The molecule has 0 bridgehead atoms. The Morgan fingerprint density at radius 2 is 1.96 bits per heavy atom. The molecule has 8 heteroatoms. The van der Waals surface area contributed by atoms with Crippen LogP contribution in [0.15, 0.2) is 42.7 Å². The van der Waals surface area contributed by atoms with Crippen molar-refractivity contribution in [3.05, 3.63) is 59.4 Å². The number of nitrogens with one attached hydrogen (secondary N) is 1. The molecule has 3 rings (SSSR count). The van der Waals surface area contributed by atoms with E-state index in [0.29, 0.717) is 11.1 Å². The molecular formula is C20H20F3N3O2. The molecule has 0 saturated heterocycles. The largest absolute Gasteiger partial charge is 0.414 e. The molecule has 0 spiro atoms. The van der Waals surface area contributed by atoms with Crippen molar-refractivity contribution in [3.63, 3.8) is 0 Å². The molecule has 0 aliphatic heterocycles. The summed E-state index contributed by atoms with van der Waals surface area (Å²) in [6, 6.07) is 11.0. The molecule has 3 aromatic rings. The van der Waals surface area contributed by atoms with E-state index in [1.807, 2.05) is 36.6 Å². The molecule has 5 nitrogen and oxygen atoms in total. The van der Waals surface area contributed by atoms with Gasteiger partial charge in [-0.25, -0.2) is 4.98 Å². The molecule has 1 atom stereocenters. The highest BCUT2D eigenvalue weighted by Gasteiger charge is 2.37. The van der Waals surface area contributed by atoms with Crippen molar-refractivity contribution in [2.75, 3.05) is 6.54 Å². The molecule has 28 heavy (non-hydrogen) atoms. The summed E-state index contributed by atoms with van der Waals surface area (Å²) >= 11 is 0. The van der Waals surface area contributed by atoms with Gasteiger partial charge in [0.2, 0.25) is 0 Å². The van der Waals surface area contributed by atoms with Crippen LogP contribution in [0.3, 0.4) is 0 Å². The van der Waals surface area contributed by atoms with E-state index in [2.05, 4.69) is 10.3 Å². The van der Waals surface area contributed by atoms with Crippen molar-refractivity contribution < 1.29 is 23.1 Å². The van der Waals surface area contributed by atoms with Gasteiger partial charge in [0.25, 0.3) is 5.91 Å². The number of carbonyl (C=O) groups is 1. The Morgan fingerprint density at radius 1 is 1.21 bits per heavy atom. The van der Waals surface area contributed by atoms with Crippen LogP contribution in [0.2, 0.25) is 0 Å². The highest BCUT2D eigenvalue weighted by atomic mass is 19.4. The number of alkyl halides is 3. The maximum absolute atomic E-state index is 12.3. The molecule has 0 radical (unpaired) electrons. The fourth-order valence-corrected chi connectivity index (χ4v) is 2.91. The summed E-state index contributed by atoms with van der Waals surface area (Å²) in [6.07, 6.45) is -6.07. The molecule has 0 aliphatic rings. The Morgan fingerprint density at radius 3 is 2.68 bits per heavy atom. The molecule has 2 N–H and O–H groups in total. The van der Waals surface area contributed by atoms with Crippen molar-refractivity contribution in [1.29, 1.82) is 0 Å². The van der Waals surface area contributed by atoms with E-state index >= 15 is 0 Å². The number of aliphatic hydroxyl groups is 1. The van der Waals surface area contributed by atoms with E-state index in [-0.39, 0.29) is 6.54 Å². The van der Waals surface area contributed by atoms with Crippen LogP contribution in [0, 0.1) is 13.8 Å². The summed E-state index contributed by atoms with van der Waals surface area (Å²) < 4.78 is 38.8. The molecule has 148 valence electrons. The predicted octanol–water partition coefficient (Wildman–Crippen LogP) is 3.69. The van der Waals surface area contributed by atoms with Gasteiger partial charge in [0, 0.05) is 12.1 Å². The van der Waals surface area contributed by atoms with Gasteiger partial charge in [-0.15, -0.1) is 0 Å². The monoisotopic (exact) mass is 391 g/mol. The molecule has 2 aromatic carbocycles. The Labute approximate surface area is 159 Å². The van der Waals surface area contributed by atoms with Gasteiger partial charge >= 0.3 is 6.18 Å². The van der Waals surface area contributed by atoms with Crippen LogP contribution in [0.4, 0.5) is 13.2 Å². The second-order valence-corrected chi connectivity index (χ2v) is 6.71. The first kappa shape index (κ1) is 19.9. The average Bonchev–Trinajstić information content (AvgIpc) is 3.05. The maximum Gasteiger partial charge on any atom is 0.414 e. The zero-order chi connectivity index (χ0) is 20.5. The topological polar surface area (TPSA) is 67.2 Å². The molecule has 0 aliphatic carbocycles. The smallest absolute Gasteiger partial charge is 0.384 e. The summed E-state index contributed by atoms with van der Waals surface area (Å²) in [4.78, 5) is 16.5. The number of amides is 1. The van der Waals surface area contributed by atoms with Crippen LogP contribution >= 0.6 is 0 Å². The number of hydrogen-bond donors (Lipinski definition) is 2. The number of hydrogen-bond acceptors (Lipinski definition) is 3. The zero-order valence-electron chi connectivity index (χ0n) is 15.4. The van der Waals surface area contributed by atoms with Gasteiger partial charge in [-0.1, -0.05) is 12.1 Å². The van der Waals surface area contributed by atoms with E-state index in [4.69, 9.17) is 5.11 Å². The zero-order valence-corrected chi connectivity index (χ0v) is 15.4. The van der Waals surface area contributed by atoms with E-state index in [0.717, 1.165) is 22.3 Å². The summed E-state index contributed by atoms with van der Waals surface area (Å²) in [5, 5.41) is 11.4. The summed E-state index contributed by atoms with van der Waals surface area (Å²) in [6.45, 7) is 3.71. The van der Waals surface area contributed by atoms with E-state index in [1.54, 1.807) is 24.5 Å². The molecule has 0 fully saturated rings. The van der Waals surface area contributed by atoms with Gasteiger partial charge in [0.15, 0.2) is 6.10 Å². The second-order valence-electron chi connectivity index (χ2n) is 6.71. The lowest BCUT2D eigenvalue weighted by Crippen LogP contribution is -2.34. The van der Waals surface area contributed by atoms with Gasteiger partial charge in [-0.05, 0) is 55.7 Å². The van der Waals surface area contributed by atoms with Crippen LogP contribution in [-0.2, 0) is 0 Å². The lowest BCUT2D eigenvalue weighted by atomic mass is 10.1. The number of halogens is 3. The average molecular weight is 391 g/mol. The number of nitrogens with zero attached hydrogens (tertiary/aromatic N) is 2. The summed E-state index contributed by atoms with van der Waals surface area (Å²) in [5.74, 6) is -0.516. The van der Waals surface area contributed by atoms with Crippen LogP contribution in [0.1, 0.15) is 27.9 Å². The second kappa shape index (κ2) is 7.63. The number of aryl methyl sites for hydroxylation is 2. The normalized spacial score (nSPS) is 12.9. The number of rotatable bonds is 5. The standard InChI is InChI=1S/C20H20F3N3O2/c1-12-3-4-13(2)17(9-12)26-11-25-15-10-14(5-6-16(15)26)19(28)24-8-7-18(27)20(21,22)23/h3-6,9-11,18,27H,7-8H2,1-2H3,(H,24,28). The van der Waals surface area contributed by atoms with Crippen molar-refractivity contribution in [2.24, 2.45) is 0 Å². The fourth-order valence-electron chi connectivity index (χ4n) is 2.91. The third-order valence-corrected chi connectivity index (χ3v) is 4.51. The highest BCUT2D eigenvalue weighted by Crippen LogP contribution is 2.23. The van der Waals surface area contributed by atoms with Crippen LogP contribution in [0.5, 0.6) is 0 Å². The predicted molar refractivity (Wildman–Crippen MR) is 99.6 cm³/mol. The Kier molecular flexibility index (Phi) is 5.42. The number of carbonyl (C=O) groups excluding carboxylic acids is 1. The minimum atomic E-state index is -4.69. The van der Waals surface area contributed by atoms with Gasteiger partial charge in [0.1, 0.15) is 6.33 Å². The Bertz CT molecular complexity index is 1010. The van der Waals surface area contributed by atoms with Crippen LogP contribution in [0.25, 0.3) is 16.7 Å². The molecule has 0 saturated carbocycles. The number of aliphatic hydroxyl groups excluding tert-OH is 1. The minimum absolute atomic E-state index is 0.283. The first-order valence-corrected chi connectivity index (χ1v) is 8.74. The molecule has 1 amide bonds. The first-order valence-electron chi connectivity index (χ1n) is 8.74. The minimum Gasteiger partial charge on any atom is -0.384 e.